The number of non-ortho nitro benzene ring substituents is 1. The first-order valence-corrected chi connectivity index (χ1v) is 6.86. The summed E-state index contributed by atoms with van der Waals surface area (Å²) < 4.78 is 0. The van der Waals surface area contributed by atoms with Crippen LogP contribution in [0, 0.1) is 30.3 Å². The highest BCUT2D eigenvalue weighted by Crippen LogP contribution is 2.34. The van der Waals surface area contributed by atoms with Crippen LogP contribution < -0.4 is 0 Å². The van der Waals surface area contributed by atoms with Crippen molar-refractivity contribution in [2.24, 2.45) is 0 Å². The molecule has 12 heteroatoms. The zero-order valence-corrected chi connectivity index (χ0v) is 12.5. The lowest BCUT2D eigenvalue weighted by Crippen LogP contribution is -2.30. The maximum atomic E-state index is 11.9. The number of nitrogens with zero attached hydrogens (tertiary/aromatic N) is 4. The van der Waals surface area contributed by atoms with Crippen molar-refractivity contribution in [2.45, 2.75) is 12.8 Å². The van der Waals surface area contributed by atoms with Gasteiger partial charge in [0.05, 0.1) is 26.9 Å². The number of nitro benzene ring substituents is 3. The van der Waals surface area contributed by atoms with Gasteiger partial charge >= 0.3 is 0 Å². The molecule has 0 unspecified atom stereocenters. The molecule has 0 spiro atoms. The van der Waals surface area contributed by atoms with E-state index in [1.807, 2.05) is 0 Å². The quantitative estimate of drug-likeness (QED) is 0.438. The van der Waals surface area contributed by atoms with E-state index in [0.29, 0.717) is 18.6 Å². The molecule has 1 aromatic rings. The zero-order valence-electron chi connectivity index (χ0n) is 12.5. The summed E-state index contributed by atoms with van der Waals surface area (Å²) in [6.07, 6.45) is 2.28. The predicted octanol–water partition coefficient (Wildman–Crippen LogP) is 1.57. The summed E-state index contributed by atoms with van der Waals surface area (Å²) in [4.78, 5) is 54.3. The molecular weight excluding hydrogens is 340 g/mol. The normalized spacial score (nSPS) is 14.1. The second-order valence-electron chi connectivity index (χ2n) is 4.99. The molecular formula is C13H10N4O8. The number of imide groups is 1. The Bertz CT molecular complexity index is 796. The third kappa shape index (κ3) is 3.63. The summed E-state index contributed by atoms with van der Waals surface area (Å²) in [7, 11) is 0. The van der Waals surface area contributed by atoms with E-state index in [4.69, 9.17) is 0 Å². The molecule has 2 amide bonds. The average Bonchev–Trinajstić information content (AvgIpc) is 2.97. The first-order valence-electron chi connectivity index (χ1n) is 6.86. The Kier molecular flexibility index (Phi) is 4.81. The first-order chi connectivity index (χ1) is 11.7. The number of amides is 2. The Morgan fingerprint density at radius 2 is 1.60 bits per heavy atom. The number of hydrogen-bond acceptors (Lipinski definition) is 8. The van der Waals surface area contributed by atoms with Crippen molar-refractivity contribution in [3.05, 3.63) is 54.1 Å². The molecule has 1 saturated heterocycles. The van der Waals surface area contributed by atoms with Gasteiger partial charge in [0.1, 0.15) is 5.56 Å². The van der Waals surface area contributed by atoms with Crippen LogP contribution in [0.3, 0.4) is 0 Å². The van der Waals surface area contributed by atoms with Gasteiger partial charge in [-0.2, -0.15) is 0 Å². The lowest BCUT2D eigenvalue weighted by molar-refractivity contribution is -0.403. The van der Waals surface area contributed by atoms with E-state index in [0.717, 1.165) is 17.1 Å². The molecule has 0 aromatic heterocycles. The molecule has 0 atom stereocenters. The third-order valence-electron chi connectivity index (χ3n) is 3.46. The van der Waals surface area contributed by atoms with Gasteiger partial charge in [-0.15, -0.1) is 0 Å². The Morgan fingerprint density at radius 3 is 2.00 bits per heavy atom. The highest BCUT2D eigenvalue weighted by atomic mass is 16.6. The van der Waals surface area contributed by atoms with Crippen LogP contribution >= 0.6 is 0 Å². The molecule has 130 valence electrons. The van der Waals surface area contributed by atoms with Crippen LogP contribution in [0.4, 0.5) is 17.1 Å². The van der Waals surface area contributed by atoms with Crippen LogP contribution in [0.1, 0.15) is 18.4 Å². The highest BCUT2D eigenvalue weighted by Gasteiger charge is 2.30. The van der Waals surface area contributed by atoms with Crippen LogP contribution in [0.25, 0.3) is 6.08 Å². The van der Waals surface area contributed by atoms with Crippen LogP contribution in [0.15, 0.2) is 18.2 Å². The SMILES string of the molecule is O=C(C=Cc1c([N+](=O)[O-])cc([N+](=O)[O-])cc1[N+](=O)[O-])N1CCCC1=O. The van der Waals surface area contributed by atoms with Crippen molar-refractivity contribution in [3.63, 3.8) is 0 Å². The third-order valence-corrected chi connectivity index (χ3v) is 3.46. The van der Waals surface area contributed by atoms with Gasteiger partial charge in [0, 0.05) is 19.0 Å². The highest BCUT2D eigenvalue weighted by molar-refractivity contribution is 6.04. The van der Waals surface area contributed by atoms with Gasteiger partial charge in [-0.1, -0.05) is 0 Å². The molecule has 0 N–H and O–H groups in total. The number of likely N-dealkylation sites (tertiary alicyclic amines) is 1. The summed E-state index contributed by atoms with van der Waals surface area (Å²) in [6.45, 7) is 0.187. The van der Waals surface area contributed by atoms with Crippen LogP contribution in [0.2, 0.25) is 0 Å². The van der Waals surface area contributed by atoms with E-state index in [1.165, 1.54) is 0 Å². The fourth-order valence-corrected chi connectivity index (χ4v) is 2.31. The molecule has 1 aromatic carbocycles. The van der Waals surface area contributed by atoms with Gasteiger partial charge in [-0.3, -0.25) is 44.8 Å². The standard InChI is InChI=1S/C13H10N4O8/c18-12-2-1-5-14(12)13(19)4-3-9-10(16(22)23)6-8(15(20)21)7-11(9)17(24)25/h3-4,6-7H,1-2,5H2. The lowest BCUT2D eigenvalue weighted by atomic mass is 10.1. The average molecular weight is 350 g/mol. The maximum absolute atomic E-state index is 11.9. The largest absolute Gasteiger partial charge is 0.290 e. The van der Waals surface area contributed by atoms with Gasteiger partial charge in [-0.05, 0) is 12.5 Å². The number of carbonyl (C=O) groups excluding carboxylic acids is 2. The Balaban J connectivity index is 2.51. The predicted molar refractivity (Wildman–Crippen MR) is 81.4 cm³/mol. The van der Waals surface area contributed by atoms with E-state index >= 15 is 0 Å². The summed E-state index contributed by atoms with van der Waals surface area (Å²) >= 11 is 0. The van der Waals surface area contributed by atoms with Crippen LogP contribution in [-0.2, 0) is 9.59 Å². The maximum Gasteiger partial charge on any atom is 0.290 e. The van der Waals surface area contributed by atoms with Crippen molar-refractivity contribution in [1.82, 2.24) is 4.90 Å². The summed E-state index contributed by atoms with van der Waals surface area (Å²) in [6, 6.07) is 1.14. The van der Waals surface area contributed by atoms with Crippen LogP contribution in [0.5, 0.6) is 0 Å². The fourth-order valence-electron chi connectivity index (χ4n) is 2.31. The number of hydrogen-bond donors (Lipinski definition) is 0. The molecule has 0 aliphatic carbocycles. The summed E-state index contributed by atoms with van der Waals surface area (Å²) in [5.41, 5.74) is -3.17. The monoisotopic (exact) mass is 350 g/mol. The van der Waals surface area contributed by atoms with Gasteiger partial charge in [0.25, 0.3) is 23.0 Å². The van der Waals surface area contributed by atoms with Crippen molar-refractivity contribution in [1.29, 1.82) is 0 Å². The topological polar surface area (TPSA) is 167 Å². The lowest BCUT2D eigenvalue weighted by Gasteiger charge is -2.09. The molecule has 0 bridgehead atoms. The zero-order chi connectivity index (χ0) is 18.7. The van der Waals surface area contributed by atoms with Crippen molar-refractivity contribution in [3.8, 4) is 0 Å². The van der Waals surface area contributed by atoms with E-state index in [-0.39, 0.29) is 13.0 Å². The molecule has 1 heterocycles. The van der Waals surface area contributed by atoms with E-state index in [2.05, 4.69) is 0 Å². The minimum Gasteiger partial charge on any atom is -0.279 e. The second kappa shape index (κ2) is 6.82. The fraction of sp³-hybridized carbons (Fsp3) is 0.231. The van der Waals surface area contributed by atoms with Gasteiger partial charge in [0.15, 0.2) is 0 Å². The van der Waals surface area contributed by atoms with Crippen molar-refractivity contribution >= 4 is 35.0 Å². The Labute approximate surface area is 138 Å². The molecule has 0 radical (unpaired) electrons. The van der Waals surface area contributed by atoms with Gasteiger partial charge < -0.3 is 0 Å². The Morgan fingerprint density at radius 1 is 1.04 bits per heavy atom. The molecule has 1 aliphatic rings. The second-order valence-corrected chi connectivity index (χ2v) is 4.99. The first kappa shape index (κ1) is 17.7. The van der Waals surface area contributed by atoms with Gasteiger partial charge in [-0.25, -0.2) is 0 Å². The number of carbonyl (C=O) groups is 2. The van der Waals surface area contributed by atoms with E-state index in [1.54, 1.807) is 0 Å². The molecule has 1 aliphatic heterocycles. The van der Waals surface area contributed by atoms with Crippen molar-refractivity contribution < 1.29 is 24.4 Å². The molecule has 2 rings (SSSR count). The van der Waals surface area contributed by atoms with Crippen LogP contribution in [-0.4, -0.2) is 38.0 Å². The number of rotatable bonds is 5. The summed E-state index contributed by atoms with van der Waals surface area (Å²) in [5.74, 6) is -1.19. The minimum absolute atomic E-state index is 0.187. The molecule has 12 nitrogen and oxygen atoms in total. The number of benzene rings is 1. The number of nitro groups is 3. The smallest absolute Gasteiger partial charge is 0.279 e. The summed E-state index contributed by atoms with van der Waals surface area (Å²) in [5, 5.41) is 33.0. The molecule has 0 saturated carbocycles. The molecule has 1 fully saturated rings. The van der Waals surface area contributed by atoms with E-state index < -0.39 is 49.2 Å². The Hall–Kier alpha value is -3.70. The minimum atomic E-state index is -1.02. The van der Waals surface area contributed by atoms with E-state index in [9.17, 15) is 39.9 Å². The molecule has 25 heavy (non-hydrogen) atoms. The van der Waals surface area contributed by atoms with Crippen molar-refractivity contribution in [2.75, 3.05) is 6.54 Å². The van der Waals surface area contributed by atoms with Gasteiger partial charge in [0.2, 0.25) is 5.91 Å².